The van der Waals surface area contributed by atoms with Gasteiger partial charge < -0.3 is 11.1 Å². The van der Waals surface area contributed by atoms with Crippen LogP contribution in [0.25, 0.3) is 16.9 Å². The lowest BCUT2D eigenvalue weighted by Crippen LogP contribution is -2.42. The number of rotatable bonds is 5. The summed E-state index contributed by atoms with van der Waals surface area (Å²) in [6.45, 7) is 6.05. The van der Waals surface area contributed by atoms with Crippen LogP contribution in [0, 0.1) is 0 Å². The summed E-state index contributed by atoms with van der Waals surface area (Å²) < 4.78 is 1.65. The van der Waals surface area contributed by atoms with Crippen molar-refractivity contribution in [1.82, 2.24) is 15.1 Å². The summed E-state index contributed by atoms with van der Waals surface area (Å²) in [7, 11) is 0. The van der Waals surface area contributed by atoms with Crippen molar-refractivity contribution in [2.45, 2.75) is 32.7 Å². The Morgan fingerprint density at radius 1 is 1.15 bits per heavy atom. The number of benzene rings is 2. The van der Waals surface area contributed by atoms with E-state index in [1.807, 2.05) is 63.2 Å². The summed E-state index contributed by atoms with van der Waals surface area (Å²) >= 11 is 5.94. The number of nitrogens with one attached hydrogen (secondary N) is 1. The molecule has 140 valence electrons. The zero-order valence-corrected chi connectivity index (χ0v) is 16.4. The van der Waals surface area contributed by atoms with Crippen molar-refractivity contribution in [2.24, 2.45) is 0 Å². The molecule has 0 spiro atoms. The number of nitrogen functional groups attached to an aromatic ring is 1. The van der Waals surface area contributed by atoms with Gasteiger partial charge >= 0.3 is 0 Å². The van der Waals surface area contributed by atoms with Gasteiger partial charge in [-0.2, -0.15) is 5.10 Å². The van der Waals surface area contributed by atoms with Crippen LogP contribution in [-0.2, 0) is 0 Å². The summed E-state index contributed by atoms with van der Waals surface area (Å²) in [5.41, 5.74) is 8.98. The van der Waals surface area contributed by atoms with Crippen molar-refractivity contribution < 1.29 is 4.79 Å². The van der Waals surface area contributed by atoms with Crippen LogP contribution in [0.2, 0.25) is 5.02 Å². The Morgan fingerprint density at radius 3 is 2.37 bits per heavy atom. The van der Waals surface area contributed by atoms with Gasteiger partial charge in [-0.1, -0.05) is 30.7 Å². The number of carbonyl (C=O) groups excluding carboxylic acids is 1. The zero-order chi connectivity index (χ0) is 19.6. The SMILES string of the molecule is CCC(C)(C)NC(=O)c1ccc(-n2nc(-c3ccc(Cl)cc3)cc2N)cc1. The van der Waals surface area contributed by atoms with Gasteiger partial charge in [0, 0.05) is 27.8 Å². The lowest BCUT2D eigenvalue weighted by atomic mass is 10.0. The number of amides is 1. The molecule has 2 aromatic carbocycles. The van der Waals surface area contributed by atoms with Gasteiger partial charge in [-0.15, -0.1) is 0 Å². The van der Waals surface area contributed by atoms with Gasteiger partial charge in [0.05, 0.1) is 11.4 Å². The first-order valence-electron chi connectivity index (χ1n) is 8.83. The van der Waals surface area contributed by atoms with E-state index in [1.165, 1.54) is 0 Å². The lowest BCUT2D eigenvalue weighted by Gasteiger charge is -2.24. The number of hydrogen-bond donors (Lipinski definition) is 2. The highest BCUT2D eigenvalue weighted by atomic mass is 35.5. The van der Waals surface area contributed by atoms with Gasteiger partial charge in [0.15, 0.2) is 0 Å². The fourth-order valence-corrected chi connectivity index (χ4v) is 2.71. The minimum absolute atomic E-state index is 0.0938. The first kappa shape index (κ1) is 19.0. The first-order chi connectivity index (χ1) is 12.8. The molecule has 0 unspecified atom stereocenters. The largest absolute Gasteiger partial charge is 0.384 e. The second-order valence-electron chi connectivity index (χ2n) is 7.11. The van der Waals surface area contributed by atoms with Gasteiger partial charge in [0.1, 0.15) is 5.82 Å². The topological polar surface area (TPSA) is 72.9 Å². The maximum absolute atomic E-state index is 12.4. The van der Waals surface area contributed by atoms with E-state index in [2.05, 4.69) is 10.4 Å². The fraction of sp³-hybridized carbons (Fsp3) is 0.238. The Labute approximate surface area is 164 Å². The van der Waals surface area contributed by atoms with Crippen LogP contribution in [0.5, 0.6) is 0 Å². The third kappa shape index (κ3) is 4.31. The summed E-state index contributed by atoms with van der Waals surface area (Å²) in [4.78, 5) is 12.4. The molecule has 27 heavy (non-hydrogen) atoms. The van der Waals surface area contributed by atoms with Crippen molar-refractivity contribution in [3.63, 3.8) is 0 Å². The Kier molecular flexibility index (Phi) is 5.24. The quantitative estimate of drug-likeness (QED) is 0.672. The molecular formula is C21H23ClN4O. The minimum atomic E-state index is -0.240. The average Bonchev–Trinajstić information content (AvgIpc) is 3.04. The van der Waals surface area contributed by atoms with Crippen LogP contribution in [0.15, 0.2) is 54.6 Å². The summed E-state index contributed by atoms with van der Waals surface area (Å²) in [6, 6.07) is 16.5. The normalized spacial score (nSPS) is 11.4. The van der Waals surface area contributed by atoms with Gasteiger partial charge in [0.2, 0.25) is 0 Å². The van der Waals surface area contributed by atoms with E-state index in [9.17, 15) is 4.79 Å². The summed E-state index contributed by atoms with van der Waals surface area (Å²) in [6.07, 6.45) is 0.855. The molecule has 0 aliphatic rings. The van der Waals surface area contributed by atoms with Crippen LogP contribution in [0.4, 0.5) is 5.82 Å². The second-order valence-corrected chi connectivity index (χ2v) is 7.55. The predicted molar refractivity (Wildman–Crippen MR) is 110 cm³/mol. The van der Waals surface area contributed by atoms with E-state index >= 15 is 0 Å². The third-order valence-electron chi connectivity index (χ3n) is 4.59. The Morgan fingerprint density at radius 2 is 1.78 bits per heavy atom. The average molecular weight is 383 g/mol. The van der Waals surface area contributed by atoms with E-state index in [4.69, 9.17) is 17.3 Å². The highest BCUT2D eigenvalue weighted by molar-refractivity contribution is 6.30. The first-order valence-corrected chi connectivity index (χ1v) is 9.21. The van der Waals surface area contributed by atoms with Gasteiger partial charge in [-0.3, -0.25) is 4.79 Å². The molecule has 0 radical (unpaired) electrons. The number of halogens is 1. The number of carbonyl (C=O) groups is 1. The van der Waals surface area contributed by atoms with Gasteiger partial charge in [-0.25, -0.2) is 4.68 Å². The molecule has 1 aromatic heterocycles. The molecule has 0 saturated carbocycles. The molecule has 3 N–H and O–H groups in total. The van der Waals surface area contributed by atoms with Crippen molar-refractivity contribution in [3.05, 3.63) is 65.2 Å². The molecule has 0 fully saturated rings. The number of hydrogen-bond acceptors (Lipinski definition) is 3. The van der Waals surface area contributed by atoms with Crippen molar-refractivity contribution >= 4 is 23.3 Å². The molecule has 1 amide bonds. The summed E-state index contributed by atoms with van der Waals surface area (Å²) in [5, 5.41) is 8.27. The third-order valence-corrected chi connectivity index (χ3v) is 4.84. The van der Waals surface area contributed by atoms with E-state index < -0.39 is 0 Å². The number of nitrogens with two attached hydrogens (primary N) is 1. The Bertz CT molecular complexity index is 943. The molecule has 0 atom stereocenters. The smallest absolute Gasteiger partial charge is 0.251 e. The second kappa shape index (κ2) is 7.45. The molecular weight excluding hydrogens is 360 g/mol. The molecule has 0 bridgehead atoms. The predicted octanol–water partition coefficient (Wildman–Crippen LogP) is 4.69. The van der Waals surface area contributed by atoms with E-state index in [-0.39, 0.29) is 11.4 Å². The number of nitrogens with zero attached hydrogens (tertiary/aromatic N) is 2. The van der Waals surface area contributed by atoms with E-state index in [0.29, 0.717) is 16.4 Å². The van der Waals surface area contributed by atoms with Crippen LogP contribution < -0.4 is 11.1 Å². The molecule has 5 nitrogen and oxygen atoms in total. The summed E-state index contributed by atoms with van der Waals surface area (Å²) in [5.74, 6) is 0.424. The minimum Gasteiger partial charge on any atom is -0.384 e. The van der Waals surface area contributed by atoms with Crippen LogP contribution in [0.3, 0.4) is 0 Å². The van der Waals surface area contributed by atoms with Crippen LogP contribution in [-0.4, -0.2) is 21.2 Å². The number of anilines is 1. The zero-order valence-electron chi connectivity index (χ0n) is 15.7. The maximum atomic E-state index is 12.4. The van der Waals surface area contributed by atoms with Gasteiger partial charge in [-0.05, 0) is 56.7 Å². The fourth-order valence-electron chi connectivity index (χ4n) is 2.59. The molecule has 3 aromatic rings. The molecule has 0 aliphatic heterocycles. The Hall–Kier alpha value is -2.79. The van der Waals surface area contributed by atoms with Crippen molar-refractivity contribution in [2.75, 3.05) is 5.73 Å². The number of aromatic nitrogens is 2. The Balaban J connectivity index is 1.83. The monoisotopic (exact) mass is 382 g/mol. The van der Waals surface area contributed by atoms with E-state index in [0.717, 1.165) is 23.4 Å². The maximum Gasteiger partial charge on any atom is 0.251 e. The molecule has 0 saturated heterocycles. The van der Waals surface area contributed by atoms with Crippen LogP contribution >= 0.6 is 11.6 Å². The van der Waals surface area contributed by atoms with Crippen molar-refractivity contribution in [1.29, 1.82) is 0 Å². The highest BCUT2D eigenvalue weighted by Crippen LogP contribution is 2.24. The van der Waals surface area contributed by atoms with Gasteiger partial charge in [0.25, 0.3) is 5.91 Å². The standard InChI is InChI=1S/C21H23ClN4O/c1-4-21(2,3)24-20(27)15-7-11-17(12-8-15)26-19(23)13-18(25-26)14-5-9-16(22)10-6-14/h5-13H,4,23H2,1-3H3,(H,24,27). The molecule has 3 rings (SSSR count). The highest BCUT2D eigenvalue weighted by Gasteiger charge is 2.19. The lowest BCUT2D eigenvalue weighted by molar-refractivity contribution is 0.0911. The van der Waals surface area contributed by atoms with Crippen molar-refractivity contribution in [3.8, 4) is 16.9 Å². The van der Waals surface area contributed by atoms with E-state index in [1.54, 1.807) is 16.8 Å². The van der Waals surface area contributed by atoms with Crippen LogP contribution in [0.1, 0.15) is 37.6 Å². The molecule has 6 heteroatoms. The molecule has 0 aliphatic carbocycles. The molecule has 1 heterocycles.